The van der Waals surface area contributed by atoms with Crippen molar-refractivity contribution in [1.82, 2.24) is 0 Å². The maximum atomic E-state index is 11.7. The average Bonchev–Trinajstić information content (AvgIpc) is 2.55. The number of benzene rings is 1. The van der Waals surface area contributed by atoms with Gasteiger partial charge < -0.3 is 15.4 Å². The van der Waals surface area contributed by atoms with Gasteiger partial charge >= 0.3 is 5.97 Å². The molecule has 2 rings (SSSR count). The third-order valence-electron chi connectivity index (χ3n) is 5.12. The molecule has 0 aliphatic carbocycles. The number of rotatable bonds is 4. The van der Waals surface area contributed by atoms with Gasteiger partial charge in [0.15, 0.2) is 0 Å². The van der Waals surface area contributed by atoms with E-state index in [1.165, 1.54) is 32.8 Å². The van der Waals surface area contributed by atoms with Gasteiger partial charge in [-0.3, -0.25) is 0 Å². The molecule has 0 aromatic heterocycles. The highest BCUT2D eigenvalue weighted by Gasteiger charge is 2.31. The fraction of sp³-hybridized carbons (Fsp3) is 0.588. The summed E-state index contributed by atoms with van der Waals surface area (Å²) in [6.45, 7) is 6.56. The molecule has 0 amide bonds. The van der Waals surface area contributed by atoms with Gasteiger partial charge in [0, 0.05) is 13.1 Å². The van der Waals surface area contributed by atoms with Crippen LogP contribution in [0.15, 0.2) is 18.2 Å². The fourth-order valence-electron chi connectivity index (χ4n) is 3.24. The molecule has 1 aromatic carbocycles. The minimum absolute atomic E-state index is 0.315. The van der Waals surface area contributed by atoms with Crippen molar-refractivity contribution in [2.24, 2.45) is 5.41 Å². The van der Waals surface area contributed by atoms with Crippen LogP contribution in [0.4, 0.5) is 11.4 Å². The molecule has 1 heterocycles. The lowest BCUT2D eigenvalue weighted by atomic mass is 9.74. The number of hydrogen-bond donors (Lipinski definition) is 1. The van der Waals surface area contributed by atoms with Gasteiger partial charge in [0.1, 0.15) is 0 Å². The Labute approximate surface area is 127 Å². The third kappa shape index (κ3) is 3.14. The number of carbonyl (C=O) groups is 1. The first-order valence-electron chi connectivity index (χ1n) is 7.78. The van der Waals surface area contributed by atoms with Crippen LogP contribution in [0.5, 0.6) is 0 Å². The highest BCUT2D eigenvalue weighted by molar-refractivity contribution is 5.92. The molecule has 116 valence electrons. The Kier molecular flexibility index (Phi) is 4.76. The number of ether oxygens (including phenoxy) is 1. The number of nitrogen functional groups attached to an aromatic ring is 1. The van der Waals surface area contributed by atoms with Crippen LogP contribution in [0.3, 0.4) is 0 Å². The topological polar surface area (TPSA) is 55.6 Å². The van der Waals surface area contributed by atoms with E-state index in [-0.39, 0.29) is 5.97 Å². The summed E-state index contributed by atoms with van der Waals surface area (Å²) in [4.78, 5) is 14.0. The first-order chi connectivity index (χ1) is 10.0. The van der Waals surface area contributed by atoms with E-state index in [2.05, 4.69) is 18.7 Å². The van der Waals surface area contributed by atoms with Crippen LogP contribution in [-0.4, -0.2) is 26.2 Å². The highest BCUT2D eigenvalue weighted by Crippen LogP contribution is 2.40. The molecular weight excluding hydrogens is 264 g/mol. The van der Waals surface area contributed by atoms with Gasteiger partial charge in [0.2, 0.25) is 0 Å². The van der Waals surface area contributed by atoms with Crippen molar-refractivity contribution in [2.45, 2.75) is 39.5 Å². The van der Waals surface area contributed by atoms with Crippen LogP contribution in [-0.2, 0) is 4.74 Å². The Hall–Kier alpha value is -1.71. The Balaban J connectivity index is 2.18. The highest BCUT2D eigenvalue weighted by atomic mass is 16.5. The van der Waals surface area contributed by atoms with Crippen LogP contribution in [0.25, 0.3) is 0 Å². The lowest BCUT2D eigenvalue weighted by Crippen LogP contribution is -2.40. The molecule has 1 aromatic rings. The zero-order valence-corrected chi connectivity index (χ0v) is 13.3. The van der Waals surface area contributed by atoms with E-state index in [1.807, 2.05) is 6.07 Å². The number of anilines is 2. The Bertz CT molecular complexity index is 500. The molecular formula is C17H26N2O2. The van der Waals surface area contributed by atoms with Gasteiger partial charge in [-0.25, -0.2) is 4.79 Å². The fourth-order valence-corrected chi connectivity index (χ4v) is 3.24. The van der Waals surface area contributed by atoms with E-state index in [1.54, 1.807) is 12.1 Å². The van der Waals surface area contributed by atoms with Crippen LogP contribution >= 0.6 is 0 Å². The Morgan fingerprint density at radius 3 is 2.43 bits per heavy atom. The molecule has 4 nitrogen and oxygen atoms in total. The molecule has 0 bridgehead atoms. The molecule has 1 aliphatic heterocycles. The van der Waals surface area contributed by atoms with E-state index in [0.717, 1.165) is 24.5 Å². The summed E-state index contributed by atoms with van der Waals surface area (Å²) < 4.78 is 4.79. The lowest BCUT2D eigenvalue weighted by molar-refractivity contribution is 0.0601. The molecule has 1 aliphatic rings. The number of nitrogens with two attached hydrogens (primary N) is 1. The molecule has 0 atom stereocenters. The zero-order chi connectivity index (χ0) is 15.5. The maximum Gasteiger partial charge on any atom is 0.337 e. The van der Waals surface area contributed by atoms with Crippen LogP contribution in [0.2, 0.25) is 0 Å². The van der Waals surface area contributed by atoms with Crippen LogP contribution in [0, 0.1) is 5.41 Å². The second-order valence-electron chi connectivity index (χ2n) is 5.96. The summed E-state index contributed by atoms with van der Waals surface area (Å²) in [5, 5.41) is 0. The molecule has 21 heavy (non-hydrogen) atoms. The summed E-state index contributed by atoms with van der Waals surface area (Å²) in [7, 11) is 1.40. The quantitative estimate of drug-likeness (QED) is 0.681. The normalized spacial score (nSPS) is 17.6. The monoisotopic (exact) mass is 290 g/mol. The van der Waals surface area contributed by atoms with Gasteiger partial charge in [0.25, 0.3) is 0 Å². The maximum absolute atomic E-state index is 11.7. The Morgan fingerprint density at radius 2 is 1.90 bits per heavy atom. The summed E-state index contributed by atoms with van der Waals surface area (Å²) in [5.41, 5.74) is 8.82. The predicted octanol–water partition coefficient (Wildman–Crippen LogP) is 3.46. The molecule has 4 heteroatoms. The zero-order valence-electron chi connectivity index (χ0n) is 13.3. The smallest absolute Gasteiger partial charge is 0.337 e. The minimum atomic E-state index is -0.315. The van der Waals surface area contributed by atoms with E-state index in [4.69, 9.17) is 10.5 Å². The molecule has 0 saturated carbocycles. The number of hydrogen-bond acceptors (Lipinski definition) is 4. The van der Waals surface area contributed by atoms with E-state index in [9.17, 15) is 4.79 Å². The van der Waals surface area contributed by atoms with Crippen molar-refractivity contribution in [3.8, 4) is 0 Å². The summed E-state index contributed by atoms with van der Waals surface area (Å²) in [5.74, 6) is -0.315. The molecule has 0 spiro atoms. The third-order valence-corrected chi connectivity index (χ3v) is 5.12. The molecule has 0 radical (unpaired) electrons. The number of esters is 1. The van der Waals surface area contributed by atoms with Gasteiger partial charge in [-0.2, -0.15) is 0 Å². The number of piperidine rings is 1. The second-order valence-corrected chi connectivity index (χ2v) is 5.96. The predicted molar refractivity (Wildman–Crippen MR) is 86.7 cm³/mol. The number of carbonyl (C=O) groups excluding carboxylic acids is 1. The second kappa shape index (κ2) is 6.37. The molecule has 2 N–H and O–H groups in total. The number of methoxy groups -OCH3 is 1. The molecule has 1 fully saturated rings. The van der Waals surface area contributed by atoms with Crippen molar-refractivity contribution in [2.75, 3.05) is 30.8 Å². The first-order valence-corrected chi connectivity index (χ1v) is 7.78. The van der Waals surface area contributed by atoms with Gasteiger partial charge in [0.05, 0.1) is 24.0 Å². The van der Waals surface area contributed by atoms with E-state index < -0.39 is 0 Å². The SMILES string of the molecule is CCC1(CC)CCN(c2cc(C(=O)OC)ccc2N)CC1. The lowest BCUT2D eigenvalue weighted by Gasteiger charge is -2.42. The summed E-state index contributed by atoms with van der Waals surface area (Å²) in [6.07, 6.45) is 4.83. The Morgan fingerprint density at radius 1 is 1.29 bits per heavy atom. The van der Waals surface area contributed by atoms with Crippen molar-refractivity contribution >= 4 is 17.3 Å². The van der Waals surface area contributed by atoms with Gasteiger partial charge in [-0.05, 0) is 36.5 Å². The van der Waals surface area contributed by atoms with Gasteiger partial charge in [-0.15, -0.1) is 0 Å². The van der Waals surface area contributed by atoms with Crippen molar-refractivity contribution < 1.29 is 9.53 Å². The first kappa shape index (κ1) is 15.7. The molecule has 1 saturated heterocycles. The minimum Gasteiger partial charge on any atom is -0.465 e. The molecule has 0 unspecified atom stereocenters. The van der Waals surface area contributed by atoms with Crippen molar-refractivity contribution in [1.29, 1.82) is 0 Å². The van der Waals surface area contributed by atoms with Crippen molar-refractivity contribution in [3.05, 3.63) is 23.8 Å². The number of nitrogens with zero attached hydrogens (tertiary/aromatic N) is 1. The summed E-state index contributed by atoms with van der Waals surface area (Å²) >= 11 is 0. The van der Waals surface area contributed by atoms with Crippen LogP contribution < -0.4 is 10.6 Å². The van der Waals surface area contributed by atoms with Crippen LogP contribution in [0.1, 0.15) is 49.9 Å². The average molecular weight is 290 g/mol. The van der Waals surface area contributed by atoms with E-state index in [0.29, 0.717) is 11.0 Å². The van der Waals surface area contributed by atoms with E-state index >= 15 is 0 Å². The largest absolute Gasteiger partial charge is 0.465 e. The van der Waals surface area contributed by atoms with Gasteiger partial charge in [-0.1, -0.05) is 26.7 Å². The van der Waals surface area contributed by atoms with Crippen molar-refractivity contribution in [3.63, 3.8) is 0 Å². The standard InChI is InChI=1S/C17H26N2O2/c1-4-17(5-2)8-10-19(11-9-17)15-12-13(16(20)21-3)6-7-14(15)18/h6-7,12H,4-5,8-11,18H2,1-3H3. The summed E-state index contributed by atoms with van der Waals surface area (Å²) in [6, 6.07) is 5.37.